The molecule has 0 spiro atoms. The second kappa shape index (κ2) is 5.34. The molecule has 3 heterocycles. The van der Waals surface area contributed by atoms with Crippen molar-refractivity contribution in [3.05, 3.63) is 21.9 Å². The lowest BCUT2D eigenvalue weighted by Crippen LogP contribution is -2.33. The van der Waals surface area contributed by atoms with Gasteiger partial charge in [-0.15, -0.1) is 21.5 Å². The number of piperidine rings is 1. The summed E-state index contributed by atoms with van der Waals surface area (Å²) in [4.78, 5) is 8.59. The van der Waals surface area contributed by atoms with Crippen LogP contribution in [0, 0.1) is 6.92 Å². The highest BCUT2D eigenvalue weighted by Gasteiger charge is 2.27. The summed E-state index contributed by atoms with van der Waals surface area (Å²) in [5.41, 5.74) is 1.11. The Bertz CT molecular complexity index is 548. The summed E-state index contributed by atoms with van der Waals surface area (Å²) in [5.74, 6) is 0.794. The molecule has 7 heteroatoms. The molecule has 1 unspecified atom stereocenters. The molecular weight excluding hydrogens is 260 g/mol. The quantitative estimate of drug-likeness (QED) is 0.855. The highest BCUT2D eigenvalue weighted by atomic mass is 32.1. The van der Waals surface area contributed by atoms with E-state index in [0.717, 1.165) is 24.6 Å². The van der Waals surface area contributed by atoms with Crippen LogP contribution in [0.4, 0.5) is 0 Å². The first-order chi connectivity index (χ1) is 9.22. The van der Waals surface area contributed by atoms with Crippen LogP contribution in [0.25, 0.3) is 0 Å². The van der Waals surface area contributed by atoms with Gasteiger partial charge in [0.25, 0.3) is 0 Å². The van der Waals surface area contributed by atoms with Gasteiger partial charge in [-0.2, -0.15) is 4.80 Å². The third-order valence-electron chi connectivity index (χ3n) is 3.43. The minimum Gasteiger partial charge on any atom is -0.286 e. The van der Waals surface area contributed by atoms with Crippen molar-refractivity contribution >= 4 is 11.3 Å². The number of hydrogen-bond acceptors (Lipinski definition) is 6. The highest BCUT2D eigenvalue weighted by Crippen LogP contribution is 2.33. The van der Waals surface area contributed by atoms with Gasteiger partial charge in [-0.25, -0.2) is 4.98 Å². The normalized spacial score (nSPS) is 20.8. The van der Waals surface area contributed by atoms with Gasteiger partial charge in [-0.1, -0.05) is 6.42 Å². The Morgan fingerprint density at radius 1 is 1.42 bits per heavy atom. The fraction of sp³-hybridized carbons (Fsp3) is 0.667. The van der Waals surface area contributed by atoms with E-state index < -0.39 is 0 Å². The second-order valence-corrected chi connectivity index (χ2v) is 5.89. The Morgan fingerprint density at radius 2 is 2.32 bits per heavy atom. The molecule has 3 rings (SSSR count). The first-order valence-electron chi connectivity index (χ1n) is 6.61. The van der Waals surface area contributed by atoms with Gasteiger partial charge >= 0.3 is 0 Å². The predicted octanol–water partition coefficient (Wildman–Crippen LogP) is 1.70. The fourth-order valence-corrected chi connectivity index (χ4v) is 3.52. The van der Waals surface area contributed by atoms with Crippen LogP contribution in [-0.4, -0.2) is 36.6 Å². The van der Waals surface area contributed by atoms with Crippen LogP contribution in [0.5, 0.6) is 0 Å². The summed E-state index contributed by atoms with van der Waals surface area (Å²) < 4.78 is 0. The number of thiazole rings is 1. The topological polar surface area (TPSA) is 59.7 Å². The fourth-order valence-electron chi connectivity index (χ4n) is 2.55. The van der Waals surface area contributed by atoms with Crippen LogP contribution >= 0.6 is 11.3 Å². The molecule has 1 atom stereocenters. The van der Waals surface area contributed by atoms with E-state index in [1.807, 2.05) is 0 Å². The van der Waals surface area contributed by atoms with Crippen molar-refractivity contribution in [3.8, 4) is 0 Å². The van der Waals surface area contributed by atoms with Crippen molar-refractivity contribution in [1.29, 1.82) is 0 Å². The smallest absolute Gasteiger partial charge is 0.188 e. The third-order valence-corrected chi connectivity index (χ3v) is 4.49. The van der Waals surface area contributed by atoms with Crippen LogP contribution in [0.2, 0.25) is 0 Å². The molecule has 19 heavy (non-hydrogen) atoms. The van der Waals surface area contributed by atoms with Gasteiger partial charge in [0.05, 0.1) is 19.6 Å². The maximum atomic E-state index is 4.65. The summed E-state index contributed by atoms with van der Waals surface area (Å²) in [6.45, 7) is 3.90. The zero-order chi connectivity index (χ0) is 13.2. The van der Waals surface area contributed by atoms with Crippen molar-refractivity contribution in [1.82, 2.24) is 30.1 Å². The lowest BCUT2D eigenvalue weighted by atomic mass is 10.0. The molecule has 2 aromatic rings. The number of aryl methyl sites for hydroxylation is 2. The summed E-state index contributed by atoms with van der Waals surface area (Å²) >= 11 is 1.76. The van der Waals surface area contributed by atoms with E-state index in [4.69, 9.17) is 0 Å². The summed E-state index contributed by atoms with van der Waals surface area (Å²) in [6.07, 6.45) is 3.68. The molecule has 1 aliphatic heterocycles. The second-order valence-electron chi connectivity index (χ2n) is 5.00. The van der Waals surface area contributed by atoms with Gasteiger partial charge in [-0.3, -0.25) is 4.90 Å². The van der Waals surface area contributed by atoms with E-state index in [2.05, 4.69) is 37.6 Å². The van der Waals surface area contributed by atoms with E-state index in [-0.39, 0.29) is 0 Å². The Morgan fingerprint density at radius 3 is 3.00 bits per heavy atom. The van der Waals surface area contributed by atoms with Crippen LogP contribution in [-0.2, 0) is 13.6 Å². The highest BCUT2D eigenvalue weighted by molar-refractivity contribution is 7.09. The maximum Gasteiger partial charge on any atom is 0.188 e. The van der Waals surface area contributed by atoms with Crippen molar-refractivity contribution in [2.45, 2.75) is 38.8 Å². The number of nitrogens with zero attached hydrogens (tertiary/aromatic N) is 6. The average Bonchev–Trinajstić information content (AvgIpc) is 2.99. The predicted molar refractivity (Wildman–Crippen MR) is 72.7 cm³/mol. The first-order valence-corrected chi connectivity index (χ1v) is 7.49. The van der Waals surface area contributed by atoms with Gasteiger partial charge in [0.2, 0.25) is 0 Å². The molecule has 1 fully saturated rings. The van der Waals surface area contributed by atoms with Crippen molar-refractivity contribution in [2.24, 2.45) is 7.05 Å². The standard InChI is InChI=1S/C12H18N6S/c1-9-8-19-12(13-9)10-5-3-4-6-18(10)7-11-14-16-17(2)15-11/h8,10H,3-7H2,1-2H3. The molecule has 1 aliphatic rings. The summed E-state index contributed by atoms with van der Waals surface area (Å²) in [6, 6.07) is 0.413. The zero-order valence-corrected chi connectivity index (χ0v) is 12.1. The number of rotatable bonds is 3. The minimum atomic E-state index is 0.413. The van der Waals surface area contributed by atoms with Gasteiger partial charge in [0.1, 0.15) is 5.01 Å². The lowest BCUT2D eigenvalue weighted by molar-refractivity contribution is 0.136. The largest absolute Gasteiger partial charge is 0.286 e. The van der Waals surface area contributed by atoms with E-state index in [0.29, 0.717) is 6.04 Å². The zero-order valence-electron chi connectivity index (χ0n) is 11.3. The lowest BCUT2D eigenvalue weighted by Gasteiger charge is -2.33. The number of likely N-dealkylation sites (tertiary alicyclic amines) is 1. The summed E-state index contributed by atoms with van der Waals surface area (Å²) in [5, 5.41) is 15.6. The van der Waals surface area contributed by atoms with E-state index in [1.165, 1.54) is 29.1 Å². The van der Waals surface area contributed by atoms with Gasteiger partial charge in [0, 0.05) is 11.1 Å². The molecule has 0 amide bonds. The molecular formula is C12H18N6S. The van der Waals surface area contributed by atoms with Crippen molar-refractivity contribution in [2.75, 3.05) is 6.54 Å². The monoisotopic (exact) mass is 278 g/mol. The Balaban J connectivity index is 1.77. The van der Waals surface area contributed by atoms with Crippen molar-refractivity contribution in [3.63, 3.8) is 0 Å². The summed E-state index contributed by atoms with van der Waals surface area (Å²) in [7, 11) is 1.80. The molecule has 0 aromatic carbocycles. The molecule has 0 saturated carbocycles. The van der Waals surface area contributed by atoms with Gasteiger partial charge in [0.15, 0.2) is 5.82 Å². The molecule has 6 nitrogen and oxygen atoms in total. The van der Waals surface area contributed by atoms with Gasteiger partial charge in [-0.05, 0) is 31.5 Å². The maximum absolute atomic E-state index is 4.65. The van der Waals surface area contributed by atoms with E-state index >= 15 is 0 Å². The van der Waals surface area contributed by atoms with Crippen LogP contribution in [0.1, 0.15) is 41.8 Å². The SMILES string of the molecule is Cc1csc(C2CCCCN2Cc2nnn(C)n2)n1. The molecule has 2 aromatic heterocycles. The van der Waals surface area contributed by atoms with Crippen molar-refractivity contribution < 1.29 is 0 Å². The molecule has 1 saturated heterocycles. The number of aromatic nitrogens is 5. The van der Waals surface area contributed by atoms with E-state index in [1.54, 1.807) is 18.4 Å². The average molecular weight is 278 g/mol. The number of tetrazole rings is 1. The number of hydrogen-bond donors (Lipinski definition) is 0. The molecule has 0 aliphatic carbocycles. The Labute approximate surface area is 116 Å². The van der Waals surface area contributed by atoms with Crippen LogP contribution in [0.3, 0.4) is 0 Å². The first kappa shape index (κ1) is 12.7. The minimum absolute atomic E-state index is 0.413. The molecule has 0 radical (unpaired) electrons. The van der Waals surface area contributed by atoms with Crippen LogP contribution in [0.15, 0.2) is 5.38 Å². The van der Waals surface area contributed by atoms with Crippen LogP contribution < -0.4 is 0 Å². The van der Waals surface area contributed by atoms with Gasteiger partial charge < -0.3 is 0 Å². The Kier molecular flexibility index (Phi) is 3.56. The Hall–Kier alpha value is -1.34. The van der Waals surface area contributed by atoms with E-state index in [9.17, 15) is 0 Å². The molecule has 0 bridgehead atoms. The molecule has 0 N–H and O–H groups in total. The molecule has 102 valence electrons. The third kappa shape index (κ3) is 2.82.